The van der Waals surface area contributed by atoms with Gasteiger partial charge in [-0.1, -0.05) is 35.9 Å². The molecule has 0 amide bonds. The van der Waals surface area contributed by atoms with E-state index < -0.39 is 17.7 Å². The second-order valence-corrected chi connectivity index (χ2v) is 10.3. The molecule has 172 valence electrons. The molecule has 1 unspecified atom stereocenters. The molecule has 0 radical (unpaired) electrons. The van der Waals surface area contributed by atoms with Gasteiger partial charge in [-0.2, -0.15) is 0 Å². The van der Waals surface area contributed by atoms with Crippen molar-refractivity contribution in [1.82, 2.24) is 9.13 Å². The first kappa shape index (κ1) is 23.0. The Kier molecular flexibility index (Phi) is 6.03. The molecule has 0 aliphatic carbocycles. The SMILES string of the molecule is Cc1ccc(-c2c(C(OC(C)(C)C)C(=O)O)n(C)c(=O)c3c2ccn3Cc2cccs2)cc1. The van der Waals surface area contributed by atoms with Gasteiger partial charge in [-0.15, -0.1) is 11.3 Å². The summed E-state index contributed by atoms with van der Waals surface area (Å²) >= 11 is 1.63. The third kappa shape index (κ3) is 4.51. The van der Waals surface area contributed by atoms with Crippen molar-refractivity contribution in [2.75, 3.05) is 0 Å². The third-order valence-corrected chi connectivity index (χ3v) is 6.41. The highest BCUT2D eigenvalue weighted by Crippen LogP contribution is 2.37. The number of rotatable bonds is 6. The Balaban J connectivity index is 2.05. The number of aliphatic carboxylic acids is 1. The van der Waals surface area contributed by atoms with Crippen LogP contribution in [0.25, 0.3) is 22.0 Å². The maximum absolute atomic E-state index is 13.6. The molecule has 0 saturated heterocycles. The van der Waals surface area contributed by atoms with E-state index in [2.05, 4.69) is 0 Å². The lowest BCUT2D eigenvalue weighted by molar-refractivity contribution is -0.161. The lowest BCUT2D eigenvalue weighted by Gasteiger charge is -2.28. The van der Waals surface area contributed by atoms with Crippen LogP contribution in [0, 0.1) is 6.92 Å². The summed E-state index contributed by atoms with van der Waals surface area (Å²) in [7, 11) is 1.62. The molecule has 3 aromatic heterocycles. The molecule has 0 aliphatic rings. The van der Waals surface area contributed by atoms with E-state index >= 15 is 0 Å². The average molecular weight is 465 g/mol. The standard InChI is InChI=1S/C26H28N2O4S/c1-16-8-10-17(11-9-16)20-19-12-13-28(15-18-7-6-14-33-18)21(19)24(29)27(5)22(20)23(25(30)31)32-26(2,3)4/h6-14,23H,15H2,1-5H3,(H,30,31). The minimum Gasteiger partial charge on any atom is -0.479 e. The number of aryl methyl sites for hydroxylation is 1. The van der Waals surface area contributed by atoms with Crippen LogP contribution in [-0.4, -0.2) is 25.8 Å². The highest BCUT2D eigenvalue weighted by molar-refractivity contribution is 7.09. The molecule has 4 aromatic rings. The maximum Gasteiger partial charge on any atom is 0.339 e. The van der Waals surface area contributed by atoms with Crippen molar-refractivity contribution >= 4 is 28.2 Å². The fourth-order valence-electron chi connectivity index (χ4n) is 4.10. The number of benzene rings is 1. The van der Waals surface area contributed by atoms with Crippen molar-refractivity contribution in [3.05, 3.63) is 80.5 Å². The summed E-state index contributed by atoms with van der Waals surface area (Å²) in [5.74, 6) is -1.13. The van der Waals surface area contributed by atoms with Crippen LogP contribution >= 0.6 is 11.3 Å². The van der Waals surface area contributed by atoms with Gasteiger partial charge in [-0.25, -0.2) is 4.79 Å². The fourth-order valence-corrected chi connectivity index (χ4v) is 4.80. The Bertz CT molecular complexity index is 1360. The number of carbonyl (C=O) groups is 1. The van der Waals surface area contributed by atoms with Gasteiger partial charge >= 0.3 is 5.97 Å². The number of carboxylic acids is 1. The van der Waals surface area contributed by atoms with E-state index in [4.69, 9.17) is 4.74 Å². The number of fused-ring (bicyclic) bond motifs is 1. The van der Waals surface area contributed by atoms with Crippen LogP contribution in [0.2, 0.25) is 0 Å². The predicted octanol–water partition coefficient (Wildman–Crippen LogP) is 5.37. The summed E-state index contributed by atoms with van der Waals surface area (Å²) in [5.41, 5.74) is 2.56. The minimum atomic E-state index is -1.30. The van der Waals surface area contributed by atoms with E-state index in [0.717, 1.165) is 21.4 Å². The molecule has 33 heavy (non-hydrogen) atoms. The molecule has 4 rings (SSSR count). The van der Waals surface area contributed by atoms with Crippen LogP contribution in [0.3, 0.4) is 0 Å². The van der Waals surface area contributed by atoms with Crippen molar-refractivity contribution in [3.63, 3.8) is 0 Å². The number of aromatic nitrogens is 2. The minimum absolute atomic E-state index is 0.249. The Morgan fingerprint density at radius 2 is 1.85 bits per heavy atom. The highest BCUT2D eigenvalue weighted by atomic mass is 32.1. The van der Waals surface area contributed by atoms with Gasteiger partial charge in [-0.3, -0.25) is 4.79 Å². The normalized spacial score (nSPS) is 12.9. The average Bonchev–Trinajstić information content (AvgIpc) is 3.40. The molecule has 0 aliphatic heterocycles. The molecule has 7 heteroatoms. The van der Waals surface area contributed by atoms with Crippen LogP contribution in [0.4, 0.5) is 0 Å². The number of nitrogens with zero attached hydrogens (tertiary/aromatic N) is 2. The van der Waals surface area contributed by atoms with Crippen molar-refractivity contribution in [1.29, 1.82) is 0 Å². The fraction of sp³-hybridized carbons (Fsp3) is 0.308. The Morgan fingerprint density at radius 1 is 1.15 bits per heavy atom. The smallest absolute Gasteiger partial charge is 0.339 e. The topological polar surface area (TPSA) is 73.5 Å². The molecule has 3 heterocycles. The highest BCUT2D eigenvalue weighted by Gasteiger charge is 2.33. The first-order chi connectivity index (χ1) is 15.6. The number of hydrogen-bond donors (Lipinski definition) is 1. The monoisotopic (exact) mass is 464 g/mol. The van der Waals surface area contributed by atoms with E-state index in [-0.39, 0.29) is 5.56 Å². The van der Waals surface area contributed by atoms with Crippen LogP contribution in [0.1, 0.15) is 43.0 Å². The van der Waals surface area contributed by atoms with Crippen LogP contribution in [0.15, 0.2) is 58.8 Å². The molecule has 1 atom stereocenters. The molecule has 0 saturated carbocycles. The lowest BCUT2D eigenvalue weighted by Crippen LogP contribution is -2.33. The molecule has 1 N–H and O–H groups in total. The van der Waals surface area contributed by atoms with Gasteiger partial charge in [0.2, 0.25) is 0 Å². The first-order valence-corrected chi connectivity index (χ1v) is 11.7. The molecule has 0 spiro atoms. The number of carboxylic acid groups (broad SMARTS) is 1. The first-order valence-electron chi connectivity index (χ1n) is 10.8. The third-order valence-electron chi connectivity index (χ3n) is 5.55. The zero-order valence-corrected chi connectivity index (χ0v) is 20.3. The van der Waals surface area contributed by atoms with Crippen molar-refractivity contribution in [2.24, 2.45) is 7.05 Å². The number of pyridine rings is 1. The quantitative estimate of drug-likeness (QED) is 0.417. The summed E-state index contributed by atoms with van der Waals surface area (Å²) in [6, 6.07) is 13.8. The number of thiophene rings is 1. The largest absolute Gasteiger partial charge is 0.479 e. The van der Waals surface area contributed by atoms with Gasteiger partial charge in [0.15, 0.2) is 6.10 Å². The van der Waals surface area contributed by atoms with E-state index in [1.165, 1.54) is 4.57 Å². The van der Waals surface area contributed by atoms with Crippen LogP contribution in [0.5, 0.6) is 0 Å². The van der Waals surface area contributed by atoms with Gasteiger partial charge in [0.1, 0.15) is 5.52 Å². The Hall–Kier alpha value is -3.16. The second-order valence-electron chi connectivity index (χ2n) is 9.22. The van der Waals surface area contributed by atoms with Gasteiger partial charge < -0.3 is 19.0 Å². The van der Waals surface area contributed by atoms with Crippen LogP contribution in [-0.2, 0) is 23.1 Å². The van der Waals surface area contributed by atoms with Gasteiger partial charge in [0.05, 0.1) is 17.8 Å². The zero-order chi connectivity index (χ0) is 23.9. The summed E-state index contributed by atoms with van der Waals surface area (Å²) in [5, 5.41) is 12.9. The molecule has 1 aromatic carbocycles. The number of ether oxygens (including phenoxy) is 1. The zero-order valence-electron chi connectivity index (χ0n) is 19.5. The van der Waals surface area contributed by atoms with E-state index in [1.54, 1.807) is 18.4 Å². The summed E-state index contributed by atoms with van der Waals surface area (Å²) < 4.78 is 9.36. The molecule has 0 bridgehead atoms. The van der Waals surface area contributed by atoms with E-state index in [1.807, 2.05) is 86.3 Å². The summed E-state index contributed by atoms with van der Waals surface area (Å²) in [6.07, 6.45) is 0.595. The van der Waals surface area contributed by atoms with Crippen molar-refractivity contribution < 1.29 is 14.6 Å². The van der Waals surface area contributed by atoms with Crippen LogP contribution < -0.4 is 5.56 Å². The molecular weight excluding hydrogens is 436 g/mol. The Morgan fingerprint density at radius 3 is 2.42 bits per heavy atom. The van der Waals surface area contributed by atoms with Gasteiger partial charge in [0.25, 0.3) is 5.56 Å². The molecule has 6 nitrogen and oxygen atoms in total. The van der Waals surface area contributed by atoms with Gasteiger partial charge in [0, 0.05) is 29.1 Å². The van der Waals surface area contributed by atoms with E-state index in [0.29, 0.717) is 23.3 Å². The van der Waals surface area contributed by atoms with Gasteiger partial charge in [-0.05, 0) is 50.8 Å². The maximum atomic E-state index is 13.6. The lowest BCUT2D eigenvalue weighted by atomic mass is 9.95. The summed E-state index contributed by atoms with van der Waals surface area (Å²) in [6.45, 7) is 8.00. The summed E-state index contributed by atoms with van der Waals surface area (Å²) in [4.78, 5) is 27.1. The second kappa shape index (κ2) is 8.65. The van der Waals surface area contributed by atoms with Crippen molar-refractivity contribution in [3.8, 4) is 11.1 Å². The van der Waals surface area contributed by atoms with E-state index in [9.17, 15) is 14.7 Å². The Labute approximate surface area is 196 Å². The van der Waals surface area contributed by atoms with Crippen molar-refractivity contribution in [2.45, 2.75) is 45.9 Å². The molecule has 0 fully saturated rings. The predicted molar refractivity (Wildman–Crippen MR) is 132 cm³/mol. The molecular formula is C26H28N2O4S. The number of hydrogen-bond acceptors (Lipinski definition) is 4.